The summed E-state index contributed by atoms with van der Waals surface area (Å²) in [5.41, 5.74) is 2.62. The van der Waals surface area contributed by atoms with Crippen molar-refractivity contribution in [1.82, 2.24) is 4.57 Å². The zero-order valence-corrected chi connectivity index (χ0v) is 13.4. The molecule has 0 saturated heterocycles. The van der Waals surface area contributed by atoms with Gasteiger partial charge in [0, 0.05) is 11.4 Å². The number of hydrogen-bond acceptors (Lipinski definition) is 3. The summed E-state index contributed by atoms with van der Waals surface area (Å²) in [6.45, 7) is 2.73. The van der Waals surface area contributed by atoms with Crippen molar-refractivity contribution in [3.63, 3.8) is 0 Å². The second-order valence-corrected chi connectivity index (χ2v) is 6.52. The lowest BCUT2D eigenvalue weighted by molar-refractivity contribution is 0.502. The molecule has 0 aliphatic rings. The lowest BCUT2D eigenvalue weighted by Gasteiger charge is -2.08. The normalized spacial score (nSPS) is 12.9. The van der Waals surface area contributed by atoms with Gasteiger partial charge in [-0.2, -0.15) is 0 Å². The molecule has 1 unspecified atom stereocenters. The molecule has 0 spiro atoms. The van der Waals surface area contributed by atoms with Gasteiger partial charge in [0.25, 0.3) is 0 Å². The quantitative estimate of drug-likeness (QED) is 0.646. The Hall–Kier alpha value is -1.33. The molecule has 0 aliphatic carbocycles. The van der Waals surface area contributed by atoms with Crippen LogP contribution in [0.5, 0.6) is 0 Å². The third kappa shape index (κ3) is 2.36. The van der Waals surface area contributed by atoms with Crippen molar-refractivity contribution >= 4 is 38.4 Å². The molecule has 2 aromatic heterocycles. The average molecular weight is 352 g/mol. The van der Waals surface area contributed by atoms with Crippen molar-refractivity contribution in [1.29, 1.82) is 0 Å². The maximum atomic E-state index is 11.8. The molecule has 20 heavy (non-hydrogen) atoms. The molecule has 0 aliphatic heterocycles. The number of hydrogen-bond donors (Lipinski definition) is 0. The minimum absolute atomic E-state index is 0.131. The van der Waals surface area contributed by atoms with Gasteiger partial charge in [0.15, 0.2) is 5.58 Å². The Morgan fingerprint density at radius 1 is 1.40 bits per heavy atom. The molecule has 0 N–H and O–H groups in total. The molecule has 2 heterocycles. The predicted octanol–water partition coefficient (Wildman–Crippen LogP) is 4.55. The van der Waals surface area contributed by atoms with Crippen molar-refractivity contribution in [2.45, 2.75) is 24.7 Å². The van der Waals surface area contributed by atoms with E-state index in [0.29, 0.717) is 12.1 Å². The monoisotopic (exact) mass is 351 g/mol. The topological polar surface area (TPSA) is 35.1 Å². The first-order valence-corrected chi connectivity index (χ1v) is 8.31. The summed E-state index contributed by atoms with van der Waals surface area (Å²) in [6, 6.07) is 10.1. The van der Waals surface area contributed by atoms with E-state index in [-0.39, 0.29) is 10.6 Å². The lowest BCUT2D eigenvalue weighted by atomic mass is 10.1. The first-order valence-electron chi connectivity index (χ1n) is 6.51. The highest BCUT2D eigenvalue weighted by atomic mass is 79.9. The standard InChI is InChI=1S/C15H14BrNO2S/c1-2-7-17-11-6-5-10(9-12(11)19-15(17)18)14(16)13-4-3-8-20-13/h3-6,8-9,14H,2,7H2,1H3. The van der Waals surface area contributed by atoms with E-state index < -0.39 is 0 Å². The number of aryl methyl sites for hydroxylation is 1. The molecule has 0 radical (unpaired) electrons. The molecule has 3 aromatic rings. The van der Waals surface area contributed by atoms with Gasteiger partial charge in [-0.1, -0.05) is 35.0 Å². The predicted molar refractivity (Wildman–Crippen MR) is 85.9 cm³/mol. The second-order valence-electron chi connectivity index (χ2n) is 4.62. The Kier molecular flexibility index (Phi) is 3.81. The van der Waals surface area contributed by atoms with Crippen LogP contribution in [-0.2, 0) is 6.54 Å². The van der Waals surface area contributed by atoms with Gasteiger partial charge in [0.1, 0.15) is 0 Å². The largest absolute Gasteiger partial charge is 0.419 e. The summed E-state index contributed by atoms with van der Waals surface area (Å²) in [6.07, 6.45) is 0.909. The Labute approximate surface area is 129 Å². The van der Waals surface area contributed by atoms with Gasteiger partial charge in [-0.15, -0.1) is 11.3 Å². The highest BCUT2D eigenvalue weighted by Gasteiger charge is 2.15. The molecule has 0 fully saturated rings. The number of rotatable bonds is 4. The number of fused-ring (bicyclic) bond motifs is 1. The summed E-state index contributed by atoms with van der Waals surface area (Å²) < 4.78 is 7.04. The van der Waals surface area contributed by atoms with E-state index in [1.165, 1.54) is 4.88 Å². The van der Waals surface area contributed by atoms with Crippen LogP contribution in [0.4, 0.5) is 0 Å². The van der Waals surface area contributed by atoms with E-state index in [4.69, 9.17) is 4.42 Å². The Bertz CT molecular complexity index is 773. The summed E-state index contributed by atoms with van der Waals surface area (Å²) in [4.78, 5) is 13.2. The molecular weight excluding hydrogens is 338 g/mol. The Morgan fingerprint density at radius 3 is 2.95 bits per heavy atom. The molecule has 0 amide bonds. The van der Waals surface area contributed by atoms with Crippen LogP contribution >= 0.6 is 27.3 Å². The number of nitrogens with zero attached hydrogens (tertiary/aromatic N) is 1. The molecule has 0 bridgehead atoms. The molecule has 1 aromatic carbocycles. The van der Waals surface area contributed by atoms with Crippen LogP contribution in [0.1, 0.15) is 28.6 Å². The summed E-state index contributed by atoms with van der Waals surface area (Å²) in [7, 11) is 0. The number of halogens is 1. The summed E-state index contributed by atoms with van der Waals surface area (Å²) >= 11 is 5.40. The van der Waals surface area contributed by atoms with Gasteiger partial charge in [0.2, 0.25) is 0 Å². The number of alkyl halides is 1. The number of oxazole rings is 1. The van der Waals surface area contributed by atoms with E-state index in [9.17, 15) is 4.79 Å². The average Bonchev–Trinajstić information content (AvgIpc) is 3.07. The van der Waals surface area contributed by atoms with E-state index in [2.05, 4.69) is 27.4 Å². The SMILES string of the molecule is CCCn1c(=O)oc2cc(C(Br)c3cccs3)ccc21. The third-order valence-corrected chi connectivity index (χ3v) is 5.49. The molecule has 1 atom stereocenters. The van der Waals surface area contributed by atoms with Crippen LogP contribution in [0.25, 0.3) is 11.1 Å². The van der Waals surface area contributed by atoms with Crippen molar-refractivity contribution in [2.24, 2.45) is 0 Å². The summed E-state index contributed by atoms with van der Waals surface area (Å²) in [5, 5.41) is 2.06. The van der Waals surface area contributed by atoms with E-state index in [1.54, 1.807) is 15.9 Å². The minimum atomic E-state index is -0.277. The zero-order chi connectivity index (χ0) is 14.1. The molecule has 104 valence electrons. The fourth-order valence-corrected chi connectivity index (χ4v) is 3.76. The third-order valence-electron chi connectivity index (χ3n) is 3.23. The van der Waals surface area contributed by atoms with Crippen molar-refractivity contribution in [3.05, 3.63) is 56.7 Å². The highest BCUT2D eigenvalue weighted by Crippen LogP contribution is 2.34. The van der Waals surface area contributed by atoms with Crippen LogP contribution < -0.4 is 5.76 Å². The van der Waals surface area contributed by atoms with Crippen molar-refractivity contribution in [3.8, 4) is 0 Å². The smallest absolute Gasteiger partial charge is 0.408 e. The van der Waals surface area contributed by atoms with Gasteiger partial charge < -0.3 is 4.42 Å². The minimum Gasteiger partial charge on any atom is -0.408 e. The van der Waals surface area contributed by atoms with Crippen LogP contribution in [-0.4, -0.2) is 4.57 Å². The van der Waals surface area contributed by atoms with Crippen LogP contribution in [0, 0.1) is 0 Å². The molecule has 5 heteroatoms. The Balaban J connectivity index is 2.06. The molecule has 3 rings (SSSR count). The van der Waals surface area contributed by atoms with E-state index in [1.807, 2.05) is 31.2 Å². The van der Waals surface area contributed by atoms with Gasteiger partial charge in [-0.3, -0.25) is 4.57 Å². The molecule has 0 saturated carbocycles. The van der Waals surface area contributed by atoms with E-state index >= 15 is 0 Å². The van der Waals surface area contributed by atoms with Gasteiger partial charge in [0.05, 0.1) is 10.3 Å². The van der Waals surface area contributed by atoms with E-state index in [0.717, 1.165) is 17.5 Å². The van der Waals surface area contributed by atoms with Crippen LogP contribution in [0.3, 0.4) is 0 Å². The Morgan fingerprint density at radius 2 is 2.25 bits per heavy atom. The van der Waals surface area contributed by atoms with Gasteiger partial charge in [-0.05, 0) is 35.6 Å². The van der Waals surface area contributed by atoms with Crippen molar-refractivity contribution in [2.75, 3.05) is 0 Å². The molecular formula is C15H14BrNO2S. The highest BCUT2D eigenvalue weighted by molar-refractivity contribution is 9.09. The second kappa shape index (κ2) is 5.58. The van der Waals surface area contributed by atoms with Crippen LogP contribution in [0.2, 0.25) is 0 Å². The fourth-order valence-electron chi connectivity index (χ4n) is 2.28. The lowest BCUT2D eigenvalue weighted by Crippen LogP contribution is -2.13. The first kappa shape index (κ1) is 13.6. The fraction of sp³-hybridized carbons (Fsp3) is 0.267. The van der Waals surface area contributed by atoms with Gasteiger partial charge >= 0.3 is 5.76 Å². The number of benzene rings is 1. The molecule has 3 nitrogen and oxygen atoms in total. The van der Waals surface area contributed by atoms with Crippen LogP contribution in [0.15, 0.2) is 44.9 Å². The zero-order valence-electron chi connectivity index (χ0n) is 11.0. The van der Waals surface area contributed by atoms with Gasteiger partial charge in [-0.25, -0.2) is 4.79 Å². The van der Waals surface area contributed by atoms with Crippen molar-refractivity contribution < 1.29 is 4.42 Å². The number of aromatic nitrogens is 1. The summed E-state index contributed by atoms with van der Waals surface area (Å²) in [5.74, 6) is -0.277. The first-order chi connectivity index (χ1) is 9.70. The number of thiophene rings is 1. The maximum Gasteiger partial charge on any atom is 0.419 e. The maximum absolute atomic E-state index is 11.8.